The number of nitrogens with one attached hydrogen (secondary N) is 2. The molecule has 2 N–H and O–H groups in total. The second-order valence-electron chi connectivity index (χ2n) is 13.9. The molecule has 6 rings (SSSR count). The maximum absolute atomic E-state index is 13.4. The highest BCUT2D eigenvalue weighted by Gasteiger charge is 2.26. The van der Waals surface area contributed by atoms with Gasteiger partial charge in [-0.25, -0.2) is 0 Å². The summed E-state index contributed by atoms with van der Waals surface area (Å²) in [6.07, 6.45) is 3.39. The number of rotatable bonds is 21. The van der Waals surface area contributed by atoms with Crippen molar-refractivity contribution in [1.82, 2.24) is 30.2 Å². The molecule has 2 fully saturated rings. The molecule has 2 aliphatic rings. The highest BCUT2D eigenvalue weighted by Crippen LogP contribution is 2.25. The summed E-state index contributed by atoms with van der Waals surface area (Å²) in [5, 5.41) is 24.9. The summed E-state index contributed by atoms with van der Waals surface area (Å²) < 4.78 is 21.9. The molecule has 0 bridgehead atoms. The number of unbranched alkanes of at least 4 members (excludes halogenated alkanes) is 1. The van der Waals surface area contributed by atoms with Gasteiger partial charge in [0.05, 0.1) is 51.1 Å². The topological polar surface area (TPSA) is 187 Å². The number of anilines is 2. The lowest BCUT2D eigenvalue weighted by Crippen LogP contribution is -2.37. The third kappa shape index (κ3) is 14.0. The molecule has 2 aromatic heterocycles. The molecule has 0 saturated carbocycles. The largest absolute Gasteiger partial charge is 0.464 e. The number of aryl methyl sites for hydroxylation is 2. The molecular formula is C40H50N8O8S2. The van der Waals surface area contributed by atoms with Crippen LogP contribution in [0.1, 0.15) is 58.7 Å². The number of amides is 2. The molecular weight excluding hydrogens is 785 g/mol. The number of carbonyl (C=O) groups is 4. The first kappa shape index (κ1) is 42.9. The summed E-state index contributed by atoms with van der Waals surface area (Å²) in [6, 6.07) is 18.4. The Morgan fingerprint density at radius 2 is 1.00 bits per heavy atom. The van der Waals surface area contributed by atoms with E-state index < -0.39 is 11.8 Å². The first-order valence-corrected chi connectivity index (χ1v) is 21.3. The predicted molar refractivity (Wildman–Crippen MR) is 218 cm³/mol. The standard InChI is InChI=1S/C40H50N8O8S2/c49-35(15-17-47-19-23-53-24-20-47)55-27-31(29-9-3-1-4-10-29)37(51)41-39-45-43-33(57-39)13-7-8-14-34-44-46-40(58-34)42-38(52)32(30-11-5-2-6-12-30)28-56-36(50)16-18-48-21-25-54-26-22-48/h1-6,9-12,31-32H,7-8,13-28H2,(H,41,45,51)(H,42,46,52). The summed E-state index contributed by atoms with van der Waals surface area (Å²) in [6.45, 7) is 6.78. The van der Waals surface area contributed by atoms with E-state index >= 15 is 0 Å². The number of hydrogen-bond acceptors (Lipinski definition) is 16. The van der Waals surface area contributed by atoms with E-state index in [-0.39, 0.29) is 49.8 Å². The molecule has 18 heteroatoms. The predicted octanol–water partition coefficient (Wildman–Crippen LogP) is 3.93. The molecule has 0 aliphatic carbocycles. The van der Waals surface area contributed by atoms with Crippen molar-refractivity contribution < 1.29 is 38.1 Å². The number of benzene rings is 2. The normalized spacial score (nSPS) is 15.9. The van der Waals surface area contributed by atoms with E-state index in [0.717, 1.165) is 60.2 Å². The van der Waals surface area contributed by atoms with Crippen molar-refractivity contribution >= 4 is 56.7 Å². The fraction of sp³-hybridized carbons (Fsp3) is 0.500. The van der Waals surface area contributed by atoms with Gasteiger partial charge in [0.1, 0.15) is 23.2 Å². The highest BCUT2D eigenvalue weighted by atomic mass is 32.1. The Balaban J connectivity index is 0.924. The highest BCUT2D eigenvalue weighted by molar-refractivity contribution is 7.15. The van der Waals surface area contributed by atoms with Gasteiger partial charge in [0.2, 0.25) is 22.1 Å². The number of carbonyl (C=O) groups excluding carboxylic acids is 4. The van der Waals surface area contributed by atoms with Crippen molar-refractivity contribution in [1.29, 1.82) is 0 Å². The maximum Gasteiger partial charge on any atom is 0.307 e. The molecule has 16 nitrogen and oxygen atoms in total. The number of nitrogens with zero attached hydrogens (tertiary/aromatic N) is 6. The lowest BCUT2D eigenvalue weighted by atomic mass is 9.99. The molecule has 2 saturated heterocycles. The van der Waals surface area contributed by atoms with Crippen LogP contribution in [0.15, 0.2) is 60.7 Å². The second kappa shape index (κ2) is 23.0. The van der Waals surface area contributed by atoms with Crippen LogP contribution in [-0.2, 0) is 51.0 Å². The Labute approximate surface area is 345 Å². The van der Waals surface area contributed by atoms with Crippen molar-refractivity contribution in [3.63, 3.8) is 0 Å². The van der Waals surface area contributed by atoms with Crippen LogP contribution < -0.4 is 10.6 Å². The van der Waals surface area contributed by atoms with Crippen molar-refractivity contribution in [2.75, 3.05) is 89.5 Å². The quantitative estimate of drug-likeness (QED) is 0.0908. The van der Waals surface area contributed by atoms with Crippen LogP contribution in [-0.4, -0.2) is 133 Å². The summed E-state index contributed by atoms with van der Waals surface area (Å²) in [5.74, 6) is -2.78. The van der Waals surface area contributed by atoms with Crippen LogP contribution >= 0.6 is 22.7 Å². The Morgan fingerprint density at radius 1 is 0.603 bits per heavy atom. The van der Waals surface area contributed by atoms with Gasteiger partial charge in [-0.15, -0.1) is 20.4 Å². The van der Waals surface area contributed by atoms with Gasteiger partial charge in [0, 0.05) is 52.1 Å². The van der Waals surface area contributed by atoms with Crippen LogP contribution in [0.5, 0.6) is 0 Å². The SMILES string of the molecule is O=C(CCN1CCOCC1)OCC(C(=O)Nc1nnc(CCCCc2nnc(NC(=O)C(COC(=O)CCN3CCOCC3)c3ccccc3)s2)s1)c1ccccc1. The van der Waals surface area contributed by atoms with Gasteiger partial charge in [-0.1, -0.05) is 83.3 Å². The molecule has 2 unspecified atom stereocenters. The van der Waals surface area contributed by atoms with Crippen molar-refractivity contribution in [2.24, 2.45) is 0 Å². The van der Waals surface area contributed by atoms with Crippen molar-refractivity contribution in [3.05, 3.63) is 81.8 Å². The van der Waals surface area contributed by atoms with E-state index in [0.29, 0.717) is 62.6 Å². The lowest BCUT2D eigenvalue weighted by Gasteiger charge is -2.26. The molecule has 2 aliphatic heterocycles. The molecule has 0 radical (unpaired) electrons. The van der Waals surface area contributed by atoms with Crippen molar-refractivity contribution in [3.8, 4) is 0 Å². The summed E-state index contributed by atoms with van der Waals surface area (Å²) >= 11 is 2.61. The first-order valence-electron chi connectivity index (χ1n) is 19.7. The molecule has 58 heavy (non-hydrogen) atoms. The van der Waals surface area contributed by atoms with Crippen LogP contribution in [0.25, 0.3) is 0 Å². The molecule has 310 valence electrons. The van der Waals surface area contributed by atoms with Gasteiger partial charge < -0.3 is 18.9 Å². The summed E-state index contributed by atoms with van der Waals surface area (Å²) in [7, 11) is 0. The van der Waals surface area contributed by atoms with Gasteiger partial charge in [-0.3, -0.25) is 39.6 Å². The smallest absolute Gasteiger partial charge is 0.307 e. The zero-order chi connectivity index (χ0) is 40.4. The van der Waals surface area contributed by atoms with E-state index in [2.05, 4.69) is 40.8 Å². The second-order valence-corrected chi connectivity index (χ2v) is 16.0. The van der Waals surface area contributed by atoms with Gasteiger partial charge in [0.25, 0.3) is 0 Å². The van der Waals surface area contributed by atoms with E-state index in [9.17, 15) is 19.2 Å². The zero-order valence-electron chi connectivity index (χ0n) is 32.4. The van der Waals surface area contributed by atoms with E-state index in [1.165, 1.54) is 22.7 Å². The minimum Gasteiger partial charge on any atom is -0.464 e. The monoisotopic (exact) mass is 834 g/mol. The third-order valence-electron chi connectivity index (χ3n) is 9.76. The average molecular weight is 835 g/mol. The Bertz CT molecular complexity index is 1750. The summed E-state index contributed by atoms with van der Waals surface area (Å²) in [4.78, 5) is 56.3. The molecule has 4 heterocycles. The first-order chi connectivity index (χ1) is 28.4. The Hall–Kier alpha value is -4.72. The van der Waals surface area contributed by atoms with Gasteiger partial charge in [-0.05, 0) is 24.0 Å². The van der Waals surface area contributed by atoms with Gasteiger partial charge >= 0.3 is 11.9 Å². The Morgan fingerprint density at radius 3 is 1.40 bits per heavy atom. The number of hydrogen-bond donors (Lipinski definition) is 2. The van der Waals surface area contributed by atoms with Crippen LogP contribution in [0.2, 0.25) is 0 Å². The number of esters is 2. The number of morpholine rings is 2. The molecule has 2 aromatic carbocycles. The molecule has 0 spiro atoms. The van der Waals surface area contributed by atoms with Gasteiger partial charge in [0.15, 0.2) is 0 Å². The van der Waals surface area contributed by atoms with E-state index in [1.54, 1.807) is 0 Å². The fourth-order valence-corrected chi connectivity index (χ4v) is 7.98. The maximum atomic E-state index is 13.4. The minimum atomic E-state index is -0.708. The van der Waals surface area contributed by atoms with Crippen molar-refractivity contribution in [2.45, 2.75) is 50.4 Å². The zero-order valence-corrected chi connectivity index (χ0v) is 34.1. The number of ether oxygens (including phenoxy) is 4. The fourth-order valence-electron chi connectivity index (χ4n) is 6.41. The molecule has 2 atom stereocenters. The number of aromatic nitrogens is 4. The van der Waals surface area contributed by atoms with Crippen LogP contribution in [0.4, 0.5) is 10.3 Å². The van der Waals surface area contributed by atoms with Crippen LogP contribution in [0, 0.1) is 0 Å². The summed E-state index contributed by atoms with van der Waals surface area (Å²) in [5.41, 5.74) is 1.47. The van der Waals surface area contributed by atoms with Crippen LogP contribution in [0.3, 0.4) is 0 Å². The Kier molecular flexibility index (Phi) is 17.0. The average Bonchev–Trinajstić information content (AvgIpc) is 3.91. The molecule has 2 amide bonds. The van der Waals surface area contributed by atoms with E-state index in [4.69, 9.17) is 18.9 Å². The van der Waals surface area contributed by atoms with Gasteiger partial charge in [-0.2, -0.15) is 0 Å². The minimum absolute atomic E-state index is 0.0838. The third-order valence-corrected chi connectivity index (χ3v) is 11.6. The lowest BCUT2D eigenvalue weighted by molar-refractivity contribution is -0.146. The van der Waals surface area contributed by atoms with E-state index in [1.807, 2.05) is 60.7 Å². The molecule has 4 aromatic rings.